The number of carbonyl (C=O) groups is 1. The van der Waals surface area contributed by atoms with Crippen molar-refractivity contribution >= 4 is 11.7 Å². The second kappa shape index (κ2) is 7.71. The van der Waals surface area contributed by atoms with E-state index in [9.17, 15) is 18.0 Å². The number of alkyl halides is 3. The van der Waals surface area contributed by atoms with E-state index in [-0.39, 0.29) is 17.2 Å². The molecule has 0 atom stereocenters. The normalized spacial score (nSPS) is 11.4. The fraction of sp³-hybridized carbons (Fsp3) is 0.211. The van der Waals surface area contributed by atoms with Crippen LogP contribution in [-0.4, -0.2) is 27.4 Å². The number of nitrogens with two attached hydrogens (primary N) is 1. The third-order valence-electron chi connectivity index (χ3n) is 4.16. The molecule has 0 aliphatic carbocycles. The standard InChI is InChI=1S/C19H18F3N5O/c1-12-5-7-13(8-6-12)9-10-24-18(28)16-17(23)27(26-25-16)15-4-2-3-14(11-15)19(20,21)22/h2-8,11H,9-10,23H2,1H3,(H,24,28). The molecule has 0 unspecified atom stereocenters. The smallest absolute Gasteiger partial charge is 0.382 e. The Bertz CT molecular complexity index is 980. The number of amides is 1. The first-order valence-corrected chi connectivity index (χ1v) is 8.48. The summed E-state index contributed by atoms with van der Waals surface area (Å²) in [6.07, 6.45) is -3.88. The van der Waals surface area contributed by atoms with E-state index >= 15 is 0 Å². The molecule has 0 bridgehead atoms. The first-order chi connectivity index (χ1) is 13.3. The van der Waals surface area contributed by atoms with Crippen molar-refractivity contribution in [2.45, 2.75) is 19.5 Å². The predicted octanol–water partition coefficient (Wildman–Crippen LogP) is 3.15. The van der Waals surface area contributed by atoms with Gasteiger partial charge in [-0.3, -0.25) is 4.79 Å². The molecule has 1 amide bonds. The Balaban J connectivity index is 1.70. The summed E-state index contributed by atoms with van der Waals surface area (Å²) >= 11 is 0. The van der Waals surface area contributed by atoms with Gasteiger partial charge in [0.25, 0.3) is 5.91 Å². The van der Waals surface area contributed by atoms with E-state index in [0.717, 1.165) is 27.9 Å². The van der Waals surface area contributed by atoms with Gasteiger partial charge in [0.15, 0.2) is 11.5 Å². The van der Waals surface area contributed by atoms with E-state index in [1.165, 1.54) is 12.1 Å². The zero-order valence-corrected chi connectivity index (χ0v) is 15.0. The number of hydrogen-bond acceptors (Lipinski definition) is 4. The molecule has 3 aromatic rings. The zero-order chi connectivity index (χ0) is 20.3. The van der Waals surface area contributed by atoms with Crippen LogP contribution in [-0.2, 0) is 12.6 Å². The van der Waals surface area contributed by atoms with Crippen LogP contribution in [0.15, 0.2) is 48.5 Å². The number of nitrogens with zero attached hydrogens (tertiary/aromatic N) is 3. The predicted molar refractivity (Wildman–Crippen MR) is 98.0 cm³/mol. The molecule has 2 aromatic carbocycles. The minimum absolute atomic E-state index is 0.0681. The molecule has 146 valence electrons. The summed E-state index contributed by atoms with van der Waals surface area (Å²) in [4.78, 5) is 12.3. The maximum absolute atomic E-state index is 12.9. The van der Waals surface area contributed by atoms with Gasteiger partial charge >= 0.3 is 6.18 Å². The summed E-state index contributed by atoms with van der Waals surface area (Å²) < 4.78 is 39.6. The van der Waals surface area contributed by atoms with Crippen molar-refractivity contribution in [2.24, 2.45) is 0 Å². The van der Waals surface area contributed by atoms with Crippen LogP contribution in [0.3, 0.4) is 0 Å². The van der Waals surface area contributed by atoms with Crippen LogP contribution < -0.4 is 11.1 Å². The Morgan fingerprint density at radius 3 is 2.57 bits per heavy atom. The lowest BCUT2D eigenvalue weighted by molar-refractivity contribution is -0.137. The Morgan fingerprint density at radius 1 is 1.18 bits per heavy atom. The third-order valence-corrected chi connectivity index (χ3v) is 4.16. The van der Waals surface area contributed by atoms with Crippen molar-refractivity contribution in [3.8, 4) is 5.69 Å². The fourth-order valence-corrected chi connectivity index (χ4v) is 2.61. The number of anilines is 1. The van der Waals surface area contributed by atoms with E-state index < -0.39 is 17.6 Å². The number of halogens is 3. The minimum atomic E-state index is -4.50. The maximum atomic E-state index is 12.9. The third kappa shape index (κ3) is 4.30. The molecule has 6 nitrogen and oxygen atoms in total. The number of benzene rings is 2. The molecule has 3 rings (SSSR count). The van der Waals surface area contributed by atoms with Gasteiger partial charge in [0.1, 0.15) is 0 Å². The molecule has 0 saturated carbocycles. The average molecular weight is 389 g/mol. The van der Waals surface area contributed by atoms with Gasteiger partial charge < -0.3 is 11.1 Å². The van der Waals surface area contributed by atoms with E-state index in [2.05, 4.69) is 15.6 Å². The highest BCUT2D eigenvalue weighted by Gasteiger charge is 2.31. The monoisotopic (exact) mass is 389 g/mol. The molecule has 0 aliphatic rings. The second-order valence-electron chi connectivity index (χ2n) is 6.27. The highest BCUT2D eigenvalue weighted by molar-refractivity contribution is 5.96. The molecule has 3 N–H and O–H groups in total. The van der Waals surface area contributed by atoms with Crippen LogP contribution in [0.4, 0.5) is 19.0 Å². The number of nitrogen functional groups attached to an aromatic ring is 1. The van der Waals surface area contributed by atoms with Crippen LogP contribution >= 0.6 is 0 Å². The molecule has 1 aromatic heterocycles. The van der Waals surface area contributed by atoms with Crippen LogP contribution in [0.1, 0.15) is 27.2 Å². The summed E-state index contributed by atoms with van der Waals surface area (Å²) in [5.41, 5.74) is 7.18. The molecule has 0 aliphatic heterocycles. The summed E-state index contributed by atoms with van der Waals surface area (Å²) in [5.74, 6) is -0.671. The van der Waals surface area contributed by atoms with Crippen LogP contribution in [0.2, 0.25) is 0 Å². The van der Waals surface area contributed by atoms with Gasteiger partial charge in [-0.2, -0.15) is 17.9 Å². The number of aromatic nitrogens is 3. The first kappa shape index (κ1) is 19.4. The Kier molecular flexibility index (Phi) is 5.34. The van der Waals surface area contributed by atoms with Gasteiger partial charge in [-0.05, 0) is 37.1 Å². The SMILES string of the molecule is Cc1ccc(CCNC(=O)c2nnn(-c3cccc(C(F)(F)F)c3)c2N)cc1. The van der Waals surface area contributed by atoms with Gasteiger partial charge in [-0.15, -0.1) is 5.10 Å². The number of rotatable bonds is 5. The first-order valence-electron chi connectivity index (χ1n) is 8.48. The second-order valence-corrected chi connectivity index (χ2v) is 6.27. The average Bonchev–Trinajstić information content (AvgIpc) is 3.04. The van der Waals surface area contributed by atoms with E-state index in [0.29, 0.717) is 13.0 Å². The highest BCUT2D eigenvalue weighted by atomic mass is 19.4. The highest BCUT2D eigenvalue weighted by Crippen LogP contribution is 2.30. The van der Waals surface area contributed by atoms with Crippen molar-refractivity contribution < 1.29 is 18.0 Å². The molecular weight excluding hydrogens is 371 g/mol. The van der Waals surface area contributed by atoms with E-state index in [4.69, 9.17) is 5.73 Å². The number of hydrogen-bond donors (Lipinski definition) is 2. The van der Waals surface area contributed by atoms with Crippen molar-refractivity contribution in [2.75, 3.05) is 12.3 Å². The molecule has 0 radical (unpaired) electrons. The minimum Gasteiger partial charge on any atom is -0.382 e. The van der Waals surface area contributed by atoms with Gasteiger partial charge in [0, 0.05) is 6.54 Å². The van der Waals surface area contributed by atoms with Gasteiger partial charge in [-0.25, -0.2) is 0 Å². The molecule has 28 heavy (non-hydrogen) atoms. The van der Waals surface area contributed by atoms with Crippen molar-refractivity contribution in [3.05, 3.63) is 70.9 Å². The quantitative estimate of drug-likeness (QED) is 0.702. The molecule has 0 saturated heterocycles. The van der Waals surface area contributed by atoms with Gasteiger partial charge in [0.05, 0.1) is 11.3 Å². The Labute approximate surface area is 159 Å². The van der Waals surface area contributed by atoms with Crippen LogP contribution in [0.25, 0.3) is 5.69 Å². The number of carbonyl (C=O) groups excluding carboxylic acids is 1. The van der Waals surface area contributed by atoms with Crippen molar-refractivity contribution in [3.63, 3.8) is 0 Å². The summed E-state index contributed by atoms with van der Waals surface area (Å²) in [7, 11) is 0. The summed E-state index contributed by atoms with van der Waals surface area (Å²) in [5, 5.41) is 10.1. The Hall–Kier alpha value is -3.36. The van der Waals surface area contributed by atoms with Crippen molar-refractivity contribution in [1.29, 1.82) is 0 Å². The van der Waals surface area contributed by atoms with E-state index in [1.54, 1.807) is 0 Å². The van der Waals surface area contributed by atoms with Crippen LogP contribution in [0.5, 0.6) is 0 Å². The molecule has 9 heteroatoms. The van der Waals surface area contributed by atoms with Gasteiger partial charge in [0.2, 0.25) is 0 Å². The zero-order valence-electron chi connectivity index (χ0n) is 15.0. The maximum Gasteiger partial charge on any atom is 0.416 e. The molecule has 0 fully saturated rings. The van der Waals surface area contributed by atoms with E-state index in [1.807, 2.05) is 31.2 Å². The lowest BCUT2D eigenvalue weighted by Gasteiger charge is -2.09. The summed E-state index contributed by atoms with van der Waals surface area (Å²) in [6.45, 7) is 2.35. The summed E-state index contributed by atoms with van der Waals surface area (Å²) in [6, 6.07) is 12.4. The molecular formula is C19H18F3N5O. The number of aryl methyl sites for hydroxylation is 1. The largest absolute Gasteiger partial charge is 0.416 e. The molecule has 1 heterocycles. The topological polar surface area (TPSA) is 85.8 Å². The van der Waals surface area contributed by atoms with Gasteiger partial charge in [-0.1, -0.05) is 41.1 Å². The van der Waals surface area contributed by atoms with Crippen LogP contribution in [0, 0.1) is 6.92 Å². The number of nitrogens with one attached hydrogen (secondary N) is 1. The lowest BCUT2D eigenvalue weighted by atomic mass is 10.1. The Morgan fingerprint density at radius 2 is 1.89 bits per heavy atom. The fourth-order valence-electron chi connectivity index (χ4n) is 2.61. The molecule has 0 spiro atoms. The lowest BCUT2D eigenvalue weighted by Crippen LogP contribution is -2.27. The van der Waals surface area contributed by atoms with Crippen molar-refractivity contribution in [1.82, 2.24) is 20.3 Å².